The van der Waals surface area contributed by atoms with E-state index in [1.165, 1.54) is 30.5 Å². The highest BCUT2D eigenvalue weighted by Gasteiger charge is 2.28. The Kier molecular flexibility index (Phi) is 4.93. The Bertz CT molecular complexity index is 1190. The van der Waals surface area contributed by atoms with Crippen molar-refractivity contribution in [1.82, 2.24) is 14.3 Å². The number of imidazole rings is 1. The summed E-state index contributed by atoms with van der Waals surface area (Å²) in [5, 5.41) is 2.73. The van der Waals surface area contributed by atoms with Crippen LogP contribution in [0.4, 0.5) is 10.1 Å². The van der Waals surface area contributed by atoms with Crippen LogP contribution < -0.4 is 10.0 Å². The first kappa shape index (κ1) is 19.3. The van der Waals surface area contributed by atoms with Crippen molar-refractivity contribution in [3.63, 3.8) is 0 Å². The molecule has 7 nitrogen and oxygen atoms in total. The van der Waals surface area contributed by atoms with Gasteiger partial charge < -0.3 is 9.88 Å². The molecule has 4 rings (SSSR count). The number of rotatable bonds is 5. The van der Waals surface area contributed by atoms with Crippen LogP contribution in [0.1, 0.15) is 29.4 Å². The van der Waals surface area contributed by atoms with Crippen molar-refractivity contribution in [3.05, 3.63) is 77.6 Å². The number of nitrogens with one attached hydrogen (secondary N) is 2. The van der Waals surface area contributed by atoms with Crippen LogP contribution in [-0.2, 0) is 28.3 Å². The number of aryl methyl sites for hydroxylation is 2. The van der Waals surface area contributed by atoms with Crippen LogP contribution in [0.15, 0.2) is 59.8 Å². The molecule has 150 valence electrons. The molecule has 1 atom stereocenters. The van der Waals surface area contributed by atoms with Gasteiger partial charge in [0.25, 0.3) is 0 Å². The lowest BCUT2D eigenvalue weighted by molar-refractivity contribution is -0.116. The van der Waals surface area contributed by atoms with Gasteiger partial charge in [-0.25, -0.2) is 17.8 Å². The predicted octanol–water partition coefficient (Wildman–Crippen LogP) is 2.51. The molecule has 9 heteroatoms. The smallest absolute Gasteiger partial charge is 0.241 e. The van der Waals surface area contributed by atoms with Crippen molar-refractivity contribution in [2.75, 3.05) is 5.32 Å². The van der Waals surface area contributed by atoms with E-state index in [2.05, 4.69) is 15.0 Å². The summed E-state index contributed by atoms with van der Waals surface area (Å²) in [5.74, 6) is -0.263. The standard InChI is InChI=1S/C20H19FN4O3S/c1-25-11-10-22-20(25)19(15-4-2-3-5-16(15)21)24-29(27,28)14-7-8-17-13(12-14)6-9-18(26)23-17/h2-5,7-8,10-12,19,24H,6,9H2,1H3,(H,23,26). The number of hydrogen-bond acceptors (Lipinski definition) is 4. The third-order valence-corrected chi connectivity index (χ3v) is 6.31. The van der Waals surface area contributed by atoms with Crippen LogP contribution in [0, 0.1) is 5.82 Å². The largest absolute Gasteiger partial charge is 0.336 e. The number of amides is 1. The van der Waals surface area contributed by atoms with Crippen molar-refractivity contribution < 1.29 is 17.6 Å². The molecule has 0 saturated heterocycles. The zero-order chi connectivity index (χ0) is 20.6. The van der Waals surface area contributed by atoms with Crippen molar-refractivity contribution in [2.45, 2.75) is 23.8 Å². The fourth-order valence-corrected chi connectivity index (χ4v) is 4.59. The molecule has 1 aliphatic heterocycles. The lowest BCUT2D eigenvalue weighted by Gasteiger charge is -2.21. The van der Waals surface area contributed by atoms with E-state index in [4.69, 9.17) is 0 Å². The van der Waals surface area contributed by atoms with E-state index in [0.29, 0.717) is 24.4 Å². The molecule has 2 N–H and O–H groups in total. The summed E-state index contributed by atoms with van der Waals surface area (Å²) in [6.07, 6.45) is 3.95. The molecule has 29 heavy (non-hydrogen) atoms. The minimum atomic E-state index is -4.00. The van der Waals surface area contributed by atoms with E-state index < -0.39 is 21.9 Å². The van der Waals surface area contributed by atoms with Gasteiger partial charge >= 0.3 is 0 Å². The zero-order valence-corrected chi connectivity index (χ0v) is 16.4. The Morgan fingerprint density at radius 3 is 2.72 bits per heavy atom. The van der Waals surface area contributed by atoms with Crippen molar-refractivity contribution in [1.29, 1.82) is 0 Å². The molecule has 0 radical (unpaired) electrons. The van der Waals surface area contributed by atoms with Gasteiger partial charge in [0.1, 0.15) is 17.7 Å². The van der Waals surface area contributed by atoms with E-state index in [0.717, 1.165) is 5.56 Å². The first-order valence-electron chi connectivity index (χ1n) is 9.02. The van der Waals surface area contributed by atoms with Gasteiger partial charge in [-0.2, -0.15) is 4.72 Å². The number of carbonyl (C=O) groups excluding carboxylic acids is 1. The summed E-state index contributed by atoms with van der Waals surface area (Å²) in [7, 11) is -2.28. The van der Waals surface area contributed by atoms with Crippen molar-refractivity contribution in [3.8, 4) is 0 Å². The summed E-state index contributed by atoms with van der Waals surface area (Å²) in [6.45, 7) is 0. The second-order valence-corrected chi connectivity index (χ2v) is 8.55. The third kappa shape index (κ3) is 3.79. The van der Waals surface area contributed by atoms with E-state index >= 15 is 0 Å². The Morgan fingerprint density at radius 1 is 1.21 bits per heavy atom. The molecule has 0 spiro atoms. The molecule has 1 amide bonds. The molecular formula is C20H19FN4O3S. The highest BCUT2D eigenvalue weighted by molar-refractivity contribution is 7.89. The molecule has 2 heterocycles. The number of hydrogen-bond donors (Lipinski definition) is 2. The lowest BCUT2D eigenvalue weighted by atomic mass is 10.0. The zero-order valence-electron chi connectivity index (χ0n) is 15.6. The average Bonchev–Trinajstić information content (AvgIpc) is 3.12. The highest BCUT2D eigenvalue weighted by Crippen LogP contribution is 2.28. The Hall–Kier alpha value is -3.04. The van der Waals surface area contributed by atoms with Crippen molar-refractivity contribution in [2.24, 2.45) is 7.05 Å². The van der Waals surface area contributed by atoms with Gasteiger partial charge in [0.2, 0.25) is 15.9 Å². The Balaban J connectivity index is 1.73. The minimum absolute atomic E-state index is 0.0444. The molecule has 0 aliphatic carbocycles. The number of aromatic nitrogens is 2. The fraction of sp³-hybridized carbons (Fsp3) is 0.200. The molecule has 1 unspecified atom stereocenters. The van der Waals surface area contributed by atoms with Gasteiger partial charge in [0.15, 0.2) is 0 Å². The van der Waals surface area contributed by atoms with Crippen LogP contribution in [0.3, 0.4) is 0 Å². The molecule has 0 saturated carbocycles. The molecular weight excluding hydrogens is 395 g/mol. The topological polar surface area (TPSA) is 93.1 Å². The molecule has 1 aliphatic rings. The number of sulfonamides is 1. The maximum Gasteiger partial charge on any atom is 0.241 e. The van der Waals surface area contributed by atoms with Crippen LogP contribution in [0.5, 0.6) is 0 Å². The van der Waals surface area contributed by atoms with Crippen LogP contribution >= 0.6 is 0 Å². The molecule has 0 fully saturated rings. The summed E-state index contributed by atoms with van der Waals surface area (Å²) in [6, 6.07) is 9.51. The van der Waals surface area contributed by atoms with E-state index in [1.807, 2.05) is 0 Å². The van der Waals surface area contributed by atoms with E-state index in [1.54, 1.807) is 36.0 Å². The quantitative estimate of drug-likeness (QED) is 0.671. The summed E-state index contributed by atoms with van der Waals surface area (Å²) < 4.78 is 45.0. The number of anilines is 1. The summed E-state index contributed by atoms with van der Waals surface area (Å²) >= 11 is 0. The molecule has 0 bridgehead atoms. The monoisotopic (exact) mass is 414 g/mol. The van der Waals surface area contributed by atoms with Crippen LogP contribution in [0.2, 0.25) is 0 Å². The van der Waals surface area contributed by atoms with Crippen LogP contribution in [0.25, 0.3) is 0 Å². The maximum atomic E-state index is 14.5. The number of carbonyl (C=O) groups is 1. The van der Waals surface area contributed by atoms with Gasteiger partial charge in [-0.3, -0.25) is 4.79 Å². The van der Waals surface area contributed by atoms with E-state index in [9.17, 15) is 17.6 Å². The minimum Gasteiger partial charge on any atom is -0.336 e. The summed E-state index contributed by atoms with van der Waals surface area (Å²) in [5.41, 5.74) is 1.53. The maximum absolute atomic E-state index is 14.5. The second kappa shape index (κ2) is 7.41. The summed E-state index contributed by atoms with van der Waals surface area (Å²) in [4.78, 5) is 15.8. The number of benzene rings is 2. The molecule has 2 aromatic carbocycles. The number of halogens is 1. The fourth-order valence-electron chi connectivity index (χ4n) is 3.37. The first-order valence-corrected chi connectivity index (χ1v) is 10.5. The lowest BCUT2D eigenvalue weighted by Crippen LogP contribution is -2.32. The molecule has 1 aromatic heterocycles. The van der Waals surface area contributed by atoms with Gasteiger partial charge in [-0.05, 0) is 36.2 Å². The van der Waals surface area contributed by atoms with Gasteiger partial charge in [0, 0.05) is 37.1 Å². The van der Waals surface area contributed by atoms with Gasteiger partial charge in [-0.15, -0.1) is 0 Å². The average molecular weight is 414 g/mol. The highest BCUT2D eigenvalue weighted by atomic mass is 32.2. The Morgan fingerprint density at radius 2 is 2.00 bits per heavy atom. The first-order chi connectivity index (χ1) is 13.8. The second-order valence-electron chi connectivity index (χ2n) is 6.84. The van der Waals surface area contributed by atoms with E-state index in [-0.39, 0.29) is 16.4 Å². The van der Waals surface area contributed by atoms with Crippen molar-refractivity contribution >= 4 is 21.6 Å². The van der Waals surface area contributed by atoms with Crippen LogP contribution in [-0.4, -0.2) is 23.9 Å². The predicted molar refractivity (Wildman–Crippen MR) is 105 cm³/mol. The number of nitrogens with zero attached hydrogens (tertiary/aromatic N) is 2. The SMILES string of the molecule is Cn1ccnc1C(NS(=O)(=O)c1ccc2c(c1)CCC(=O)N2)c1ccccc1F. The van der Waals surface area contributed by atoms with Gasteiger partial charge in [-0.1, -0.05) is 18.2 Å². The molecule has 3 aromatic rings. The normalized spacial score (nSPS) is 14.9. The third-order valence-electron chi connectivity index (χ3n) is 4.89. The number of fused-ring (bicyclic) bond motifs is 1. The van der Waals surface area contributed by atoms with Gasteiger partial charge in [0.05, 0.1) is 4.90 Å². The Labute approximate surface area is 167 Å².